The number of rotatable bonds is 2. The smallest absolute Gasteiger partial charge is 0.117 e. The Bertz CT molecular complexity index is 66.6. The molecule has 1 saturated heterocycles. The fourth-order valence-corrected chi connectivity index (χ4v) is 1.44. The molecule has 1 aliphatic rings. The predicted molar refractivity (Wildman–Crippen MR) is 41.4 cm³/mol. The first-order valence-corrected chi connectivity index (χ1v) is 4.01. The molecule has 1 aliphatic heterocycles. The lowest BCUT2D eigenvalue weighted by Gasteiger charge is -2.20. The fraction of sp³-hybridized carbons (Fsp3) is 1.00. The maximum atomic E-state index is 5.25. The molecule has 52 valence electrons. The van der Waals surface area contributed by atoms with Gasteiger partial charge < -0.3 is 4.74 Å². The van der Waals surface area contributed by atoms with Gasteiger partial charge in [-0.15, -0.1) is 0 Å². The van der Waals surface area contributed by atoms with Crippen LogP contribution < -0.4 is 0 Å². The van der Waals surface area contributed by atoms with E-state index in [9.17, 15) is 0 Å². The van der Waals surface area contributed by atoms with Gasteiger partial charge in [0.25, 0.3) is 0 Å². The zero-order chi connectivity index (χ0) is 6.53. The lowest BCUT2D eigenvalue weighted by atomic mass is 9.70. The topological polar surface area (TPSA) is 9.23 Å². The molecule has 0 unspecified atom stereocenters. The molecule has 0 aliphatic carbocycles. The van der Waals surface area contributed by atoms with Crippen LogP contribution in [0.5, 0.6) is 0 Å². The monoisotopic (exact) mass is 126 g/mol. The van der Waals surface area contributed by atoms with Crippen LogP contribution in [0.1, 0.15) is 12.8 Å². The Morgan fingerprint density at radius 2 is 2.11 bits per heavy atom. The van der Waals surface area contributed by atoms with Crippen LogP contribution in [-0.4, -0.2) is 20.5 Å². The van der Waals surface area contributed by atoms with Gasteiger partial charge in [0, 0.05) is 13.2 Å². The van der Waals surface area contributed by atoms with E-state index in [1.165, 1.54) is 26.4 Å². The highest BCUT2D eigenvalue weighted by Crippen LogP contribution is 2.17. The van der Waals surface area contributed by atoms with Crippen LogP contribution in [0.4, 0.5) is 0 Å². The van der Waals surface area contributed by atoms with Crippen molar-refractivity contribution in [1.29, 1.82) is 0 Å². The Morgan fingerprint density at radius 3 is 2.67 bits per heavy atom. The van der Waals surface area contributed by atoms with Crippen molar-refractivity contribution in [2.75, 3.05) is 13.2 Å². The lowest BCUT2D eigenvalue weighted by Crippen LogP contribution is -2.16. The first kappa shape index (κ1) is 7.14. The van der Waals surface area contributed by atoms with Gasteiger partial charge in [-0.1, -0.05) is 13.1 Å². The third kappa shape index (κ3) is 2.40. The molecule has 1 nitrogen and oxygen atoms in total. The first-order chi connectivity index (χ1) is 4.43. The molecule has 0 bridgehead atoms. The minimum absolute atomic E-state index is 0.976. The largest absolute Gasteiger partial charge is 0.381 e. The molecule has 1 rings (SSSR count). The standard InChI is InChI=1S/C7H15BO/c1-8-6-7-2-4-9-5-3-7/h7-8H,2-6H2,1H3. The average molecular weight is 126 g/mol. The van der Waals surface area contributed by atoms with Crippen LogP contribution in [-0.2, 0) is 4.74 Å². The van der Waals surface area contributed by atoms with E-state index in [0.29, 0.717) is 0 Å². The van der Waals surface area contributed by atoms with Crippen LogP contribution in [0, 0.1) is 5.92 Å². The number of hydrogen-bond donors (Lipinski definition) is 0. The average Bonchev–Trinajstić information content (AvgIpc) is 1.91. The minimum Gasteiger partial charge on any atom is -0.381 e. The highest BCUT2D eigenvalue weighted by Gasteiger charge is 2.11. The Kier molecular flexibility index (Phi) is 3.12. The summed E-state index contributed by atoms with van der Waals surface area (Å²) >= 11 is 0. The molecular weight excluding hydrogens is 111 g/mol. The highest BCUT2D eigenvalue weighted by atomic mass is 16.5. The van der Waals surface area contributed by atoms with Crippen LogP contribution in [0.25, 0.3) is 0 Å². The van der Waals surface area contributed by atoms with Crippen LogP contribution >= 0.6 is 0 Å². The lowest BCUT2D eigenvalue weighted by molar-refractivity contribution is 0.0716. The highest BCUT2D eigenvalue weighted by molar-refractivity contribution is 6.33. The van der Waals surface area contributed by atoms with Gasteiger partial charge in [0.15, 0.2) is 0 Å². The Hall–Kier alpha value is 0.0249. The maximum absolute atomic E-state index is 5.25. The van der Waals surface area contributed by atoms with Crippen molar-refractivity contribution in [2.24, 2.45) is 5.92 Å². The van der Waals surface area contributed by atoms with E-state index in [1.54, 1.807) is 0 Å². The van der Waals surface area contributed by atoms with Gasteiger partial charge in [-0.2, -0.15) is 0 Å². The molecule has 0 spiro atoms. The predicted octanol–water partition coefficient (Wildman–Crippen LogP) is 1.32. The van der Waals surface area contributed by atoms with Crippen molar-refractivity contribution in [1.82, 2.24) is 0 Å². The third-order valence-corrected chi connectivity index (χ3v) is 2.04. The summed E-state index contributed by atoms with van der Waals surface area (Å²) in [6.45, 7) is 4.27. The van der Waals surface area contributed by atoms with E-state index in [1.807, 2.05) is 0 Å². The molecule has 0 N–H and O–H groups in total. The summed E-state index contributed by atoms with van der Waals surface area (Å²) in [6.07, 6.45) is 4.00. The van der Waals surface area contributed by atoms with Crippen molar-refractivity contribution < 1.29 is 4.74 Å². The van der Waals surface area contributed by atoms with E-state index in [-0.39, 0.29) is 0 Å². The second-order valence-electron chi connectivity index (χ2n) is 2.84. The molecule has 0 radical (unpaired) electrons. The normalized spacial score (nSPS) is 21.9. The van der Waals surface area contributed by atoms with Crippen molar-refractivity contribution in [2.45, 2.75) is 26.0 Å². The van der Waals surface area contributed by atoms with E-state index in [4.69, 9.17) is 4.74 Å². The summed E-state index contributed by atoms with van der Waals surface area (Å²) in [6, 6.07) is 0. The maximum Gasteiger partial charge on any atom is 0.117 e. The molecule has 1 heterocycles. The zero-order valence-electron chi connectivity index (χ0n) is 6.23. The third-order valence-electron chi connectivity index (χ3n) is 2.04. The molecule has 0 atom stereocenters. The van der Waals surface area contributed by atoms with E-state index in [0.717, 1.165) is 19.1 Å². The molecule has 9 heavy (non-hydrogen) atoms. The summed E-state index contributed by atoms with van der Waals surface area (Å²) in [4.78, 5) is 0. The van der Waals surface area contributed by atoms with E-state index in [2.05, 4.69) is 6.82 Å². The molecule has 0 aromatic carbocycles. The van der Waals surface area contributed by atoms with Gasteiger partial charge in [-0.25, -0.2) is 0 Å². The number of hydrogen-bond acceptors (Lipinski definition) is 1. The summed E-state index contributed by atoms with van der Waals surface area (Å²) < 4.78 is 5.25. The molecule has 0 aromatic rings. The molecule has 1 fully saturated rings. The number of ether oxygens (including phenoxy) is 1. The van der Waals surface area contributed by atoms with E-state index < -0.39 is 0 Å². The Morgan fingerprint density at radius 1 is 1.44 bits per heavy atom. The fourth-order valence-electron chi connectivity index (χ4n) is 1.44. The van der Waals surface area contributed by atoms with Crippen molar-refractivity contribution in [3.05, 3.63) is 0 Å². The summed E-state index contributed by atoms with van der Waals surface area (Å²) in [5, 5.41) is 0. The zero-order valence-corrected chi connectivity index (χ0v) is 6.23. The van der Waals surface area contributed by atoms with Crippen molar-refractivity contribution in [3.63, 3.8) is 0 Å². The molecule has 2 heteroatoms. The van der Waals surface area contributed by atoms with Crippen molar-refractivity contribution in [3.8, 4) is 0 Å². The van der Waals surface area contributed by atoms with Gasteiger partial charge >= 0.3 is 0 Å². The van der Waals surface area contributed by atoms with E-state index >= 15 is 0 Å². The van der Waals surface area contributed by atoms with Gasteiger partial charge in [0.2, 0.25) is 0 Å². The quantitative estimate of drug-likeness (QED) is 0.507. The minimum atomic E-state index is 0.976. The van der Waals surface area contributed by atoms with Crippen LogP contribution in [0.3, 0.4) is 0 Å². The Labute approximate surface area is 58.0 Å². The summed E-state index contributed by atoms with van der Waals surface area (Å²) in [5.74, 6) is 0.976. The molecule has 0 aromatic heterocycles. The van der Waals surface area contributed by atoms with Gasteiger partial charge in [0.05, 0.1) is 0 Å². The second-order valence-corrected chi connectivity index (χ2v) is 2.84. The van der Waals surface area contributed by atoms with Crippen LogP contribution in [0.2, 0.25) is 13.1 Å². The second kappa shape index (κ2) is 3.94. The van der Waals surface area contributed by atoms with Crippen molar-refractivity contribution >= 4 is 7.28 Å². The SMILES string of the molecule is CBCC1CCOCC1. The van der Waals surface area contributed by atoms with Gasteiger partial charge in [-0.3, -0.25) is 0 Å². The molecule has 0 amide bonds. The first-order valence-electron chi connectivity index (χ1n) is 4.01. The van der Waals surface area contributed by atoms with Gasteiger partial charge in [0.1, 0.15) is 7.28 Å². The van der Waals surface area contributed by atoms with Gasteiger partial charge in [-0.05, 0) is 18.8 Å². The molecular formula is C7H15BO. The molecule has 0 saturated carbocycles. The van der Waals surface area contributed by atoms with Crippen LogP contribution in [0.15, 0.2) is 0 Å². The summed E-state index contributed by atoms with van der Waals surface area (Å²) in [7, 11) is 1.34. The summed E-state index contributed by atoms with van der Waals surface area (Å²) in [5.41, 5.74) is 0. The Balaban J connectivity index is 2.08.